The predicted molar refractivity (Wildman–Crippen MR) is 59.7 cm³/mol. The molecule has 0 heterocycles. The molecular weight excluding hydrogens is 222 g/mol. The number of nitrogens with zero attached hydrogens (tertiary/aromatic N) is 1. The molecule has 17 heavy (non-hydrogen) atoms. The summed E-state index contributed by atoms with van der Waals surface area (Å²) >= 11 is 0. The van der Waals surface area contributed by atoms with Gasteiger partial charge in [0.05, 0.1) is 25.7 Å². The van der Waals surface area contributed by atoms with Crippen molar-refractivity contribution in [3.63, 3.8) is 0 Å². The molecule has 0 spiro atoms. The first-order chi connectivity index (χ1) is 8.12. The quantitative estimate of drug-likeness (QED) is 0.797. The fourth-order valence-electron chi connectivity index (χ4n) is 1.39. The van der Waals surface area contributed by atoms with Crippen LogP contribution in [-0.4, -0.2) is 24.8 Å². The van der Waals surface area contributed by atoms with Crippen LogP contribution < -0.4 is 4.74 Å². The smallest absolute Gasteiger partial charge is 0.310 e. The van der Waals surface area contributed by atoms with E-state index in [2.05, 4.69) is 0 Å². The van der Waals surface area contributed by atoms with Crippen molar-refractivity contribution in [1.82, 2.24) is 0 Å². The number of methoxy groups -OCH3 is 1. The molecule has 1 aromatic rings. The molecule has 90 valence electrons. The van der Waals surface area contributed by atoms with Gasteiger partial charge in [-0.05, 0) is 24.6 Å². The average molecular weight is 235 g/mol. The molecule has 0 radical (unpaired) electrons. The van der Waals surface area contributed by atoms with Crippen molar-refractivity contribution in [3.8, 4) is 17.6 Å². The lowest BCUT2D eigenvalue weighted by Crippen LogP contribution is -2.07. The second-order valence-corrected chi connectivity index (χ2v) is 3.29. The molecule has 0 saturated carbocycles. The number of esters is 1. The van der Waals surface area contributed by atoms with Crippen molar-refractivity contribution < 1.29 is 19.4 Å². The largest absolute Gasteiger partial charge is 0.503 e. The molecule has 0 fully saturated rings. The topological polar surface area (TPSA) is 79.6 Å². The molecule has 0 aliphatic rings. The van der Waals surface area contributed by atoms with E-state index in [0.29, 0.717) is 12.2 Å². The van der Waals surface area contributed by atoms with E-state index in [0.717, 1.165) is 0 Å². The molecule has 5 heteroatoms. The maximum atomic E-state index is 11.3. The van der Waals surface area contributed by atoms with E-state index in [-0.39, 0.29) is 29.5 Å². The van der Waals surface area contributed by atoms with Crippen LogP contribution in [-0.2, 0) is 16.0 Å². The maximum Gasteiger partial charge on any atom is 0.310 e. The number of phenolic OH excluding ortho intramolecular Hbond substituents is 1. The summed E-state index contributed by atoms with van der Waals surface area (Å²) in [4.78, 5) is 11.3. The third-order valence-corrected chi connectivity index (χ3v) is 2.13. The highest BCUT2D eigenvalue weighted by molar-refractivity contribution is 5.73. The molecule has 0 atom stereocenters. The van der Waals surface area contributed by atoms with E-state index in [1.807, 2.05) is 6.07 Å². The number of nitriles is 1. The minimum absolute atomic E-state index is 0.0408. The maximum absolute atomic E-state index is 11.3. The predicted octanol–water partition coefficient (Wildman–Crippen LogP) is 1.38. The van der Waals surface area contributed by atoms with Gasteiger partial charge in [0.2, 0.25) is 0 Å². The summed E-state index contributed by atoms with van der Waals surface area (Å²) in [5, 5.41) is 18.4. The van der Waals surface area contributed by atoms with Gasteiger partial charge in [-0.2, -0.15) is 5.26 Å². The minimum Gasteiger partial charge on any atom is -0.503 e. The molecule has 1 aromatic carbocycles. The lowest BCUT2D eigenvalue weighted by atomic mass is 10.1. The van der Waals surface area contributed by atoms with Gasteiger partial charge in [0.1, 0.15) is 6.07 Å². The summed E-state index contributed by atoms with van der Waals surface area (Å²) in [7, 11) is 1.38. The first-order valence-electron chi connectivity index (χ1n) is 5.08. The van der Waals surface area contributed by atoms with Gasteiger partial charge < -0.3 is 14.6 Å². The summed E-state index contributed by atoms with van der Waals surface area (Å²) in [6.07, 6.45) is 0.0408. The third kappa shape index (κ3) is 3.11. The van der Waals surface area contributed by atoms with E-state index in [1.54, 1.807) is 6.92 Å². The van der Waals surface area contributed by atoms with Crippen LogP contribution in [0.25, 0.3) is 0 Å². The van der Waals surface area contributed by atoms with Gasteiger partial charge >= 0.3 is 5.97 Å². The Bertz CT molecular complexity index is 462. The lowest BCUT2D eigenvalue weighted by molar-refractivity contribution is -0.142. The van der Waals surface area contributed by atoms with Crippen molar-refractivity contribution in [1.29, 1.82) is 5.26 Å². The fraction of sp³-hybridized carbons (Fsp3) is 0.333. The number of phenols is 1. The van der Waals surface area contributed by atoms with Crippen LogP contribution in [0.4, 0.5) is 0 Å². The van der Waals surface area contributed by atoms with Crippen LogP contribution in [0, 0.1) is 11.3 Å². The Morgan fingerprint density at radius 1 is 1.53 bits per heavy atom. The standard InChI is InChI=1S/C12H13NO4/c1-3-17-11(14)6-8-4-9(7-13)12(15)10(5-8)16-2/h4-5,15H,3,6H2,1-2H3. The number of benzene rings is 1. The SMILES string of the molecule is CCOC(=O)Cc1cc(C#N)c(O)c(OC)c1. The van der Waals surface area contributed by atoms with Crippen LogP contribution in [0.2, 0.25) is 0 Å². The fourth-order valence-corrected chi connectivity index (χ4v) is 1.39. The van der Waals surface area contributed by atoms with Gasteiger partial charge in [0.25, 0.3) is 0 Å². The van der Waals surface area contributed by atoms with E-state index in [4.69, 9.17) is 14.7 Å². The van der Waals surface area contributed by atoms with Crippen molar-refractivity contribution in [2.75, 3.05) is 13.7 Å². The first kappa shape index (κ1) is 12.8. The molecule has 0 saturated heterocycles. The molecule has 0 aliphatic heterocycles. The van der Waals surface area contributed by atoms with Gasteiger partial charge in [0.15, 0.2) is 11.5 Å². The van der Waals surface area contributed by atoms with E-state index in [9.17, 15) is 9.90 Å². The highest BCUT2D eigenvalue weighted by atomic mass is 16.5. The van der Waals surface area contributed by atoms with Crippen LogP contribution >= 0.6 is 0 Å². The van der Waals surface area contributed by atoms with E-state index < -0.39 is 0 Å². The minimum atomic E-state index is -0.385. The molecule has 1 N–H and O–H groups in total. The zero-order valence-electron chi connectivity index (χ0n) is 9.69. The average Bonchev–Trinajstić information content (AvgIpc) is 2.31. The number of rotatable bonds is 4. The monoisotopic (exact) mass is 235 g/mol. The van der Waals surface area contributed by atoms with Gasteiger partial charge in [-0.3, -0.25) is 4.79 Å². The van der Waals surface area contributed by atoms with Crippen molar-refractivity contribution >= 4 is 5.97 Å². The second kappa shape index (κ2) is 5.75. The van der Waals surface area contributed by atoms with E-state index >= 15 is 0 Å². The summed E-state index contributed by atoms with van der Waals surface area (Å²) in [5.41, 5.74) is 0.637. The van der Waals surface area contributed by atoms with Gasteiger partial charge in [0, 0.05) is 0 Å². The number of hydrogen-bond donors (Lipinski definition) is 1. The highest BCUT2D eigenvalue weighted by Gasteiger charge is 2.12. The first-order valence-corrected chi connectivity index (χ1v) is 5.08. The van der Waals surface area contributed by atoms with Crippen LogP contribution in [0.15, 0.2) is 12.1 Å². The van der Waals surface area contributed by atoms with Gasteiger partial charge in [-0.25, -0.2) is 0 Å². The summed E-state index contributed by atoms with van der Waals surface area (Å²) in [6, 6.07) is 4.78. The summed E-state index contributed by atoms with van der Waals surface area (Å²) < 4.78 is 9.71. The Hall–Kier alpha value is -2.22. The van der Waals surface area contributed by atoms with Crippen LogP contribution in [0.1, 0.15) is 18.1 Å². The molecule has 0 amide bonds. The Morgan fingerprint density at radius 2 is 2.24 bits per heavy atom. The molecular formula is C12H13NO4. The Labute approximate surface area is 99.2 Å². The van der Waals surface area contributed by atoms with Crippen molar-refractivity contribution in [2.45, 2.75) is 13.3 Å². The summed E-state index contributed by atoms with van der Waals surface area (Å²) in [5.74, 6) is -0.435. The number of hydrogen-bond acceptors (Lipinski definition) is 5. The Balaban J connectivity index is 3.02. The zero-order chi connectivity index (χ0) is 12.8. The number of aromatic hydroxyl groups is 1. The second-order valence-electron chi connectivity index (χ2n) is 3.29. The van der Waals surface area contributed by atoms with Gasteiger partial charge in [-0.1, -0.05) is 0 Å². The van der Waals surface area contributed by atoms with Crippen molar-refractivity contribution in [2.24, 2.45) is 0 Å². The Morgan fingerprint density at radius 3 is 2.76 bits per heavy atom. The molecule has 0 aliphatic carbocycles. The molecule has 1 rings (SSSR count). The zero-order valence-corrected chi connectivity index (χ0v) is 9.69. The number of ether oxygens (including phenoxy) is 2. The number of carbonyl (C=O) groups excluding carboxylic acids is 1. The van der Waals surface area contributed by atoms with Crippen molar-refractivity contribution in [3.05, 3.63) is 23.3 Å². The highest BCUT2D eigenvalue weighted by Crippen LogP contribution is 2.31. The van der Waals surface area contributed by atoms with E-state index in [1.165, 1.54) is 19.2 Å². The molecule has 0 bridgehead atoms. The molecule has 5 nitrogen and oxygen atoms in total. The van der Waals surface area contributed by atoms with Crippen LogP contribution in [0.5, 0.6) is 11.5 Å². The molecule has 0 unspecified atom stereocenters. The Kier molecular flexibility index (Phi) is 4.35. The summed E-state index contributed by atoms with van der Waals surface area (Å²) in [6.45, 7) is 2.02. The third-order valence-electron chi connectivity index (χ3n) is 2.13. The normalized spacial score (nSPS) is 9.47. The molecule has 0 aromatic heterocycles. The van der Waals surface area contributed by atoms with Gasteiger partial charge in [-0.15, -0.1) is 0 Å². The number of carbonyl (C=O) groups is 1. The van der Waals surface area contributed by atoms with Crippen LogP contribution in [0.3, 0.4) is 0 Å². The lowest BCUT2D eigenvalue weighted by Gasteiger charge is -2.08.